The summed E-state index contributed by atoms with van der Waals surface area (Å²) < 4.78 is 0. The second-order valence-corrected chi connectivity index (χ2v) is 4.92. The molecule has 1 aromatic rings. The molecule has 1 aromatic heterocycles. The van der Waals surface area contributed by atoms with Gasteiger partial charge in [-0.05, 0) is 25.7 Å². The van der Waals surface area contributed by atoms with Crippen LogP contribution in [0.2, 0.25) is 0 Å². The van der Waals surface area contributed by atoms with Crippen molar-refractivity contribution in [3.8, 4) is 0 Å². The van der Waals surface area contributed by atoms with E-state index < -0.39 is 0 Å². The second kappa shape index (κ2) is 4.01. The fourth-order valence-corrected chi connectivity index (χ4v) is 2.35. The summed E-state index contributed by atoms with van der Waals surface area (Å²) in [6, 6.07) is 2.45. The van der Waals surface area contributed by atoms with Crippen LogP contribution in [0, 0.1) is 0 Å². The lowest BCUT2D eigenvalue weighted by molar-refractivity contribution is 0.503. The normalized spacial score (nSPS) is 25.8. The Morgan fingerprint density at radius 2 is 2.12 bits per heavy atom. The third-order valence-electron chi connectivity index (χ3n) is 3.45. The summed E-state index contributed by atoms with van der Waals surface area (Å²) in [5.74, 6) is 1.76. The first-order valence-corrected chi connectivity index (χ1v) is 6.15. The smallest absolute Gasteiger partial charge is 0.132 e. The van der Waals surface area contributed by atoms with Crippen LogP contribution in [0.4, 0.5) is 5.82 Å². The Hall–Kier alpha value is -1.16. The standard InChI is InChI=1S/C12H18N4/c13-10-2-1-5-16(7-10)12-6-11(9-3-4-9)14-8-15-12/h6,8-10H,1-5,7,13H2/t10-/m0/s1. The van der Waals surface area contributed by atoms with Crippen LogP contribution in [0.25, 0.3) is 0 Å². The number of hydrogen-bond acceptors (Lipinski definition) is 4. The molecule has 0 amide bonds. The predicted molar refractivity (Wildman–Crippen MR) is 63.4 cm³/mol. The van der Waals surface area contributed by atoms with Crippen LogP contribution < -0.4 is 10.6 Å². The average molecular weight is 218 g/mol. The van der Waals surface area contributed by atoms with E-state index in [0.717, 1.165) is 25.3 Å². The van der Waals surface area contributed by atoms with Gasteiger partial charge in [-0.25, -0.2) is 9.97 Å². The molecule has 1 saturated carbocycles. The highest BCUT2D eigenvalue weighted by molar-refractivity contribution is 5.41. The van der Waals surface area contributed by atoms with Crippen molar-refractivity contribution in [1.29, 1.82) is 0 Å². The maximum absolute atomic E-state index is 5.99. The zero-order valence-corrected chi connectivity index (χ0v) is 9.47. The van der Waals surface area contributed by atoms with Crippen LogP contribution in [0.3, 0.4) is 0 Å². The summed E-state index contributed by atoms with van der Waals surface area (Å²) in [4.78, 5) is 11.0. The summed E-state index contributed by atoms with van der Waals surface area (Å²) >= 11 is 0. The summed E-state index contributed by atoms with van der Waals surface area (Å²) in [7, 11) is 0. The van der Waals surface area contributed by atoms with E-state index in [4.69, 9.17) is 5.73 Å². The minimum Gasteiger partial charge on any atom is -0.355 e. The van der Waals surface area contributed by atoms with Gasteiger partial charge in [-0.1, -0.05) is 0 Å². The Labute approximate surface area is 95.9 Å². The van der Waals surface area contributed by atoms with E-state index in [0.29, 0.717) is 12.0 Å². The summed E-state index contributed by atoms with van der Waals surface area (Å²) in [5, 5.41) is 0. The van der Waals surface area contributed by atoms with Gasteiger partial charge in [0.05, 0.1) is 0 Å². The van der Waals surface area contributed by atoms with Crippen molar-refractivity contribution < 1.29 is 0 Å². The molecule has 2 aliphatic rings. The van der Waals surface area contributed by atoms with Crippen LogP contribution in [0.15, 0.2) is 12.4 Å². The van der Waals surface area contributed by atoms with Gasteiger partial charge in [-0.15, -0.1) is 0 Å². The van der Waals surface area contributed by atoms with Crippen molar-refractivity contribution in [2.75, 3.05) is 18.0 Å². The van der Waals surface area contributed by atoms with Crippen LogP contribution in [0.1, 0.15) is 37.3 Å². The molecule has 0 aromatic carbocycles. The molecule has 0 radical (unpaired) electrons. The third kappa shape index (κ3) is 2.02. The molecule has 4 heteroatoms. The molecule has 0 unspecified atom stereocenters. The van der Waals surface area contributed by atoms with Crippen LogP contribution in [-0.4, -0.2) is 29.1 Å². The van der Waals surface area contributed by atoms with Gasteiger partial charge in [-0.2, -0.15) is 0 Å². The Morgan fingerprint density at radius 3 is 2.88 bits per heavy atom. The van der Waals surface area contributed by atoms with E-state index in [1.54, 1.807) is 6.33 Å². The lowest BCUT2D eigenvalue weighted by atomic mass is 10.1. The van der Waals surface area contributed by atoms with Crippen molar-refractivity contribution in [3.05, 3.63) is 18.1 Å². The maximum atomic E-state index is 5.99. The number of nitrogens with two attached hydrogens (primary N) is 1. The molecule has 2 fully saturated rings. The van der Waals surface area contributed by atoms with E-state index in [2.05, 4.69) is 20.9 Å². The molecule has 86 valence electrons. The lowest BCUT2D eigenvalue weighted by Crippen LogP contribution is -2.43. The molecule has 16 heavy (non-hydrogen) atoms. The number of hydrogen-bond donors (Lipinski definition) is 1. The number of rotatable bonds is 2. The van der Waals surface area contributed by atoms with E-state index in [-0.39, 0.29) is 0 Å². The Morgan fingerprint density at radius 1 is 1.25 bits per heavy atom. The highest BCUT2D eigenvalue weighted by Crippen LogP contribution is 2.39. The number of aromatic nitrogens is 2. The monoisotopic (exact) mass is 218 g/mol. The first-order chi connectivity index (χ1) is 7.83. The highest BCUT2D eigenvalue weighted by Gasteiger charge is 2.26. The average Bonchev–Trinajstić information content (AvgIpc) is 3.13. The Bertz CT molecular complexity index is 375. The quantitative estimate of drug-likeness (QED) is 0.812. The van der Waals surface area contributed by atoms with Gasteiger partial charge < -0.3 is 10.6 Å². The first-order valence-electron chi connectivity index (χ1n) is 6.15. The molecule has 1 atom stereocenters. The molecular formula is C12H18N4. The van der Waals surface area contributed by atoms with E-state index in [1.165, 1.54) is 25.0 Å². The fourth-order valence-electron chi connectivity index (χ4n) is 2.35. The molecule has 0 bridgehead atoms. The maximum Gasteiger partial charge on any atom is 0.132 e. The van der Waals surface area contributed by atoms with Crippen molar-refractivity contribution in [3.63, 3.8) is 0 Å². The van der Waals surface area contributed by atoms with Crippen LogP contribution >= 0.6 is 0 Å². The summed E-state index contributed by atoms with van der Waals surface area (Å²) in [6.07, 6.45) is 6.58. The number of nitrogens with zero attached hydrogens (tertiary/aromatic N) is 3. The molecule has 1 aliphatic heterocycles. The first kappa shape index (κ1) is 10.0. The molecular weight excluding hydrogens is 200 g/mol. The molecule has 0 spiro atoms. The minimum atomic E-state index is 0.299. The molecule has 2 heterocycles. The molecule has 2 N–H and O–H groups in total. The van der Waals surface area contributed by atoms with Crippen molar-refractivity contribution >= 4 is 5.82 Å². The summed E-state index contributed by atoms with van der Waals surface area (Å²) in [5.41, 5.74) is 7.20. The molecule has 1 aliphatic carbocycles. The lowest BCUT2D eigenvalue weighted by Gasteiger charge is -2.31. The fraction of sp³-hybridized carbons (Fsp3) is 0.667. The Kier molecular flexibility index (Phi) is 2.52. The zero-order valence-electron chi connectivity index (χ0n) is 9.47. The molecule has 4 nitrogen and oxygen atoms in total. The molecule has 3 rings (SSSR count). The van der Waals surface area contributed by atoms with Gasteiger partial charge in [0.15, 0.2) is 0 Å². The van der Waals surface area contributed by atoms with Gasteiger partial charge in [-0.3, -0.25) is 0 Å². The van der Waals surface area contributed by atoms with Crippen molar-refractivity contribution in [2.24, 2.45) is 5.73 Å². The second-order valence-electron chi connectivity index (χ2n) is 4.92. The molecule has 1 saturated heterocycles. The number of anilines is 1. The van der Waals surface area contributed by atoms with Crippen LogP contribution in [-0.2, 0) is 0 Å². The summed E-state index contributed by atoms with van der Waals surface area (Å²) in [6.45, 7) is 2.01. The van der Waals surface area contributed by atoms with Gasteiger partial charge in [0, 0.05) is 36.8 Å². The van der Waals surface area contributed by atoms with E-state index in [1.807, 2.05) is 0 Å². The predicted octanol–water partition coefficient (Wildman–Crippen LogP) is 1.28. The van der Waals surface area contributed by atoms with Crippen LogP contribution in [0.5, 0.6) is 0 Å². The van der Waals surface area contributed by atoms with Gasteiger partial charge in [0.2, 0.25) is 0 Å². The van der Waals surface area contributed by atoms with E-state index in [9.17, 15) is 0 Å². The van der Waals surface area contributed by atoms with Crippen molar-refractivity contribution in [2.45, 2.75) is 37.6 Å². The van der Waals surface area contributed by atoms with Gasteiger partial charge in [0.1, 0.15) is 12.1 Å². The highest BCUT2D eigenvalue weighted by atomic mass is 15.2. The SMILES string of the molecule is N[C@H]1CCCN(c2cc(C3CC3)ncn2)C1. The number of piperidine rings is 1. The largest absolute Gasteiger partial charge is 0.355 e. The third-order valence-corrected chi connectivity index (χ3v) is 3.45. The topological polar surface area (TPSA) is 55.0 Å². The zero-order chi connectivity index (χ0) is 11.0. The van der Waals surface area contributed by atoms with Gasteiger partial charge >= 0.3 is 0 Å². The van der Waals surface area contributed by atoms with Crippen molar-refractivity contribution in [1.82, 2.24) is 9.97 Å². The minimum absolute atomic E-state index is 0.299. The Balaban J connectivity index is 1.79. The van der Waals surface area contributed by atoms with Gasteiger partial charge in [0.25, 0.3) is 0 Å². The van der Waals surface area contributed by atoms with E-state index >= 15 is 0 Å².